The molecule has 1 saturated carbocycles. The number of nitrogens with two attached hydrogens (primary N) is 1. The lowest BCUT2D eigenvalue weighted by Gasteiger charge is -2.31. The largest absolute Gasteiger partial charge is 0.370 e. The number of guanidine groups is 1. The lowest BCUT2D eigenvalue weighted by molar-refractivity contribution is 0.277. The summed E-state index contributed by atoms with van der Waals surface area (Å²) in [5.74, 6) is 1.64. The third-order valence-electron chi connectivity index (χ3n) is 4.39. The molecule has 3 nitrogen and oxygen atoms in total. The summed E-state index contributed by atoms with van der Waals surface area (Å²) in [4.78, 5) is 6.85. The average Bonchev–Trinajstić information content (AvgIpc) is 3.08. The molecule has 0 aromatic rings. The smallest absolute Gasteiger partial charge is 0.191 e. The van der Waals surface area contributed by atoms with Gasteiger partial charge in [-0.15, -0.1) is 0 Å². The molecule has 2 fully saturated rings. The van der Waals surface area contributed by atoms with Gasteiger partial charge in [0, 0.05) is 19.6 Å². The summed E-state index contributed by atoms with van der Waals surface area (Å²) in [7, 11) is 0. The van der Waals surface area contributed by atoms with Crippen molar-refractivity contribution in [1.82, 2.24) is 4.90 Å². The maximum absolute atomic E-state index is 6.06. The normalized spacial score (nSPS) is 25.9. The molecule has 3 heteroatoms. The van der Waals surface area contributed by atoms with Crippen molar-refractivity contribution in [3.05, 3.63) is 0 Å². The van der Waals surface area contributed by atoms with Crippen LogP contribution >= 0.6 is 0 Å². The van der Waals surface area contributed by atoms with Crippen molar-refractivity contribution in [3.63, 3.8) is 0 Å². The highest BCUT2D eigenvalue weighted by Gasteiger charge is 2.40. The van der Waals surface area contributed by atoms with Crippen molar-refractivity contribution in [3.8, 4) is 0 Å². The monoisotopic (exact) mass is 223 g/mol. The third kappa shape index (κ3) is 2.69. The number of rotatable bonds is 3. The van der Waals surface area contributed by atoms with Gasteiger partial charge in [0.05, 0.1) is 0 Å². The maximum atomic E-state index is 6.06. The first kappa shape index (κ1) is 11.7. The molecule has 1 heterocycles. The first-order valence-corrected chi connectivity index (χ1v) is 6.70. The summed E-state index contributed by atoms with van der Waals surface area (Å²) in [6.45, 7) is 7.72. The van der Waals surface area contributed by atoms with Crippen LogP contribution in [0.5, 0.6) is 0 Å². The topological polar surface area (TPSA) is 41.6 Å². The van der Waals surface area contributed by atoms with Crippen LogP contribution < -0.4 is 5.73 Å². The van der Waals surface area contributed by atoms with Crippen molar-refractivity contribution in [2.45, 2.75) is 46.0 Å². The van der Waals surface area contributed by atoms with Gasteiger partial charge in [-0.1, -0.05) is 13.8 Å². The zero-order valence-corrected chi connectivity index (χ0v) is 10.7. The van der Waals surface area contributed by atoms with Crippen LogP contribution in [0.15, 0.2) is 4.99 Å². The molecule has 2 rings (SSSR count). The fourth-order valence-electron chi connectivity index (χ4n) is 2.39. The Morgan fingerprint density at radius 2 is 2.00 bits per heavy atom. The molecule has 0 atom stereocenters. The summed E-state index contributed by atoms with van der Waals surface area (Å²) in [5, 5.41) is 0. The van der Waals surface area contributed by atoms with Gasteiger partial charge in [0.2, 0.25) is 0 Å². The number of piperidine rings is 1. The van der Waals surface area contributed by atoms with Crippen molar-refractivity contribution in [1.29, 1.82) is 0 Å². The van der Waals surface area contributed by atoms with Crippen LogP contribution in [-0.2, 0) is 0 Å². The van der Waals surface area contributed by atoms with Gasteiger partial charge >= 0.3 is 0 Å². The predicted molar refractivity (Wildman–Crippen MR) is 68.4 cm³/mol. The minimum Gasteiger partial charge on any atom is -0.370 e. The molecule has 0 aromatic carbocycles. The van der Waals surface area contributed by atoms with E-state index < -0.39 is 0 Å². The van der Waals surface area contributed by atoms with E-state index in [4.69, 9.17) is 5.73 Å². The Labute approximate surface area is 99.1 Å². The molecule has 1 aliphatic carbocycles. The number of hydrogen-bond donors (Lipinski definition) is 1. The Morgan fingerprint density at radius 1 is 1.38 bits per heavy atom. The molecule has 2 aliphatic rings. The SMILES string of the molecule is CCC1(CN=C(N)N2CCC(C)CC2)CC1. The van der Waals surface area contributed by atoms with Crippen molar-refractivity contribution in [2.75, 3.05) is 19.6 Å². The van der Waals surface area contributed by atoms with E-state index >= 15 is 0 Å². The molecular formula is C13H25N3. The van der Waals surface area contributed by atoms with E-state index in [9.17, 15) is 0 Å². The molecule has 0 aromatic heterocycles. The van der Waals surface area contributed by atoms with Crippen LogP contribution in [0, 0.1) is 11.3 Å². The highest BCUT2D eigenvalue weighted by atomic mass is 15.3. The highest BCUT2D eigenvalue weighted by Crippen LogP contribution is 2.48. The van der Waals surface area contributed by atoms with E-state index in [-0.39, 0.29) is 0 Å². The van der Waals surface area contributed by atoms with E-state index in [0.29, 0.717) is 5.41 Å². The molecule has 92 valence electrons. The Hall–Kier alpha value is -0.730. The van der Waals surface area contributed by atoms with Gasteiger partial charge in [0.15, 0.2) is 5.96 Å². The predicted octanol–water partition coefficient (Wildman–Crippen LogP) is 2.22. The summed E-state index contributed by atoms with van der Waals surface area (Å²) in [6, 6.07) is 0. The lowest BCUT2D eigenvalue weighted by atomic mass is 9.99. The van der Waals surface area contributed by atoms with Crippen LogP contribution in [0.25, 0.3) is 0 Å². The van der Waals surface area contributed by atoms with Crippen LogP contribution in [0.4, 0.5) is 0 Å². The van der Waals surface area contributed by atoms with E-state index in [1.54, 1.807) is 0 Å². The van der Waals surface area contributed by atoms with Crippen LogP contribution in [-0.4, -0.2) is 30.5 Å². The van der Waals surface area contributed by atoms with Gasteiger partial charge in [0.1, 0.15) is 0 Å². The Balaban J connectivity index is 1.82. The molecule has 0 unspecified atom stereocenters. The molecule has 0 radical (unpaired) electrons. The summed E-state index contributed by atoms with van der Waals surface area (Å²) < 4.78 is 0. The zero-order valence-electron chi connectivity index (χ0n) is 10.7. The molecule has 1 saturated heterocycles. The fourth-order valence-corrected chi connectivity index (χ4v) is 2.39. The van der Waals surface area contributed by atoms with Crippen LogP contribution in [0.1, 0.15) is 46.0 Å². The summed E-state index contributed by atoms with van der Waals surface area (Å²) in [5.41, 5.74) is 6.58. The van der Waals surface area contributed by atoms with E-state index in [1.807, 2.05) is 0 Å². The fraction of sp³-hybridized carbons (Fsp3) is 0.923. The average molecular weight is 223 g/mol. The lowest BCUT2D eigenvalue weighted by Crippen LogP contribution is -2.42. The second kappa shape index (κ2) is 4.64. The maximum Gasteiger partial charge on any atom is 0.191 e. The van der Waals surface area contributed by atoms with Gasteiger partial charge in [0.25, 0.3) is 0 Å². The van der Waals surface area contributed by atoms with Crippen molar-refractivity contribution < 1.29 is 0 Å². The van der Waals surface area contributed by atoms with Crippen LogP contribution in [0.3, 0.4) is 0 Å². The highest BCUT2D eigenvalue weighted by molar-refractivity contribution is 5.78. The minimum absolute atomic E-state index is 0.522. The van der Waals surface area contributed by atoms with Crippen molar-refractivity contribution >= 4 is 5.96 Å². The van der Waals surface area contributed by atoms with E-state index in [2.05, 4.69) is 23.7 Å². The Bertz CT molecular complexity index is 260. The van der Waals surface area contributed by atoms with Gasteiger partial charge in [-0.3, -0.25) is 4.99 Å². The number of nitrogens with zero attached hydrogens (tertiary/aromatic N) is 2. The van der Waals surface area contributed by atoms with E-state index in [0.717, 1.165) is 31.5 Å². The molecule has 0 amide bonds. The molecule has 0 bridgehead atoms. The second-order valence-corrected chi connectivity index (χ2v) is 5.70. The number of hydrogen-bond acceptors (Lipinski definition) is 1. The first-order chi connectivity index (χ1) is 7.65. The molecular weight excluding hydrogens is 198 g/mol. The van der Waals surface area contributed by atoms with Gasteiger partial charge in [-0.2, -0.15) is 0 Å². The molecule has 1 aliphatic heterocycles. The van der Waals surface area contributed by atoms with Gasteiger partial charge < -0.3 is 10.6 Å². The Morgan fingerprint density at radius 3 is 2.50 bits per heavy atom. The third-order valence-corrected chi connectivity index (χ3v) is 4.39. The Kier molecular flexibility index (Phi) is 3.41. The van der Waals surface area contributed by atoms with E-state index in [1.165, 1.54) is 32.1 Å². The quantitative estimate of drug-likeness (QED) is 0.589. The van der Waals surface area contributed by atoms with Gasteiger partial charge in [-0.05, 0) is 43.4 Å². The van der Waals surface area contributed by atoms with Crippen LogP contribution in [0.2, 0.25) is 0 Å². The number of aliphatic imine (C=N–C) groups is 1. The zero-order chi connectivity index (χ0) is 11.6. The number of likely N-dealkylation sites (tertiary alicyclic amines) is 1. The minimum atomic E-state index is 0.522. The van der Waals surface area contributed by atoms with Gasteiger partial charge in [-0.25, -0.2) is 0 Å². The van der Waals surface area contributed by atoms with Crippen molar-refractivity contribution in [2.24, 2.45) is 22.1 Å². The molecule has 2 N–H and O–H groups in total. The second-order valence-electron chi connectivity index (χ2n) is 5.70. The molecule has 16 heavy (non-hydrogen) atoms. The first-order valence-electron chi connectivity index (χ1n) is 6.70. The standard InChI is InChI=1S/C13H25N3/c1-3-13(6-7-13)10-15-12(14)16-8-4-11(2)5-9-16/h11H,3-10H2,1-2H3,(H2,14,15). The molecule has 0 spiro atoms. The summed E-state index contributed by atoms with van der Waals surface area (Å²) in [6.07, 6.45) is 6.46. The summed E-state index contributed by atoms with van der Waals surface area (Å²) >= 11 is 0.